The highest BCUT2D eigenvalue weighted by molar-refractivity contribution is 7.22. The number of nitrogens with zero attached hydrogens (tertiary/aromatic N) is 3. The maximum atomic E-state index is 12.3. The quantitative estimate of drug-likeness (QED) is 0.927. The number of rotatable bonds is 3. The van der Waals surface area contributed by atoms with Crippen molar-refractivity contribution in [2.45, 2.75) is 18.9 Å². The van der Waals surface area contributed by atoms with Crippen molar-refractivity contribution in [3.63, 3.8) is 0 Å². The minimum absolute atomic E-state index is 0.0226. The number of thiazole rings is 1. The molecule has 1 aromatic carbocycles. The number of urea groups is 1. The average Bonchev–Trinajstić information content (AvgIpc) is 3.29. The van der Waals surface area contributed by atoms with Crippen LogP contribution in [0, 0.1) is 0 Å². The standard InChI is InChI=1S/C17H22N4O2S/c22-16(18-12-13-4-3-11-23-13)20-7-9-21(10-8-20)17-19-14-5-1-2-6-15(14)24-17/h1-2,5-6,13H,3-4,7-12H2,(H,18,22). The normalized spacial score (nSPS) is 21.4. The van der Waals surface area contributed by atoms with Gasteiger partial charge in [0.05, 0.1) is 16.3 Å². The Morgan fingerprint density at radius 1 is 1.29 bits per heavy atom. The van der Waals surface area contributed by atoms with Gasteiger partial charge in [0.15, 0.2) is 5.13 Å². The fourth-order valence-electron chi connectivity index (χ4n) is 3.21. The molecule has 1 atom stereocenters. The number of carbonyl (C=O) groups is 1. The van der Waals surface area contributed by atoms with Gasteiger partial charge in [-0.3, -0.25) is 0 Å². The predicted octanol–water partition coefficient (Wildman–Crippen LogP) is 2.31. The van der Waals surface area contributed by atoms with Gasteiger partial charge >= 0.3 is 6.03 Å². The van der Waals surface area contributed by atoms with Gasteiger partial charge in [-0.15, -0.1) is 0 Å². The molecule has 7 heteroatoms. The first-order valence-electron chi connectivity index (χ1n) is 8.54. The van der Waals surface area contributed by atoms with Crippen LogP contribution in [-0.4, -0.2) is 61.3 Å². The third-order valence-corrected chi connectivity index (χ3v) is 5.72. The first kappa shape index (κ1) is 15.7. The van der Waals surface area contributed by atoms with E-state index in [-0.39, 0.29) is 12.1 Å². The summed E-state index contributed by atoms with van der Waals surface area (Å²) in [5.41, 5.74) is 1.05. The number of ether oxygens (including phenoxy) is 1. The second kappa shape index (κ2) is 6.94. The molecule has 1 N–H and O–H groups in total. The summed E-state index contributed by atoms with van der Waals surface area (Å²) in [7, 11) is 0. The van der Waals surface area contributed by atoms with Crippen LogP contribution in [0.25, 0.3) is 10.2 Å². The van der Waals surface area contributed by atoms with Crippen molar-refractivity contribution in [1.29, 1.82) is 0 Å². The van der Waals surface area contributed by atoms with Gasteiger partial charge < -0.3 is 19.9 Å². The van der Waals surface area contributed by atoms with E-state index in [0.29, 0.717) is 6.54 Å². The van der Waals surface area contributed by atoms with Crippen molar-refractivity contribution in [2.75, 3.05) is 44.2 Å². The summed E-state index contributed by atoms with van der Waals surface area (Å²) in [5, 5.41) is 4.05. The number of benzene rings is 1. The van der Waals surface area contributed by atoms with Crippen LogP contribution in [-0.2, 0) is 4.74 Å². The third kappa shape index (κ3) is 3.32. The SMILES string of the molecule is O=C(NCC1CCCO1)N1CCN(c2nc3ccccc3s2)CC1. The van der Waals surface area contributed by atoms with E-state index in [1.54, 1.807) is 11.3 Å². The van der Waals surface area contributed by atoms with Crippen molar-refractivity contribution in [3.8, 4) is 0 Å². The molecule has 0 aliphatic carbocycles. The second-order valence-corrected chi connectivity index (χ2v) is 7.27. The molecular formula is C17H22N4O2S. The Bertz CT molecular complexity index is 672. The van der Waals surface area contributed by atoms with Crippen LogP contribution < -0.4 is 10.2 Å². The Morgan fingerprint density at radius 2 is 2.12 bits per heavy atom. The summed E-state index contributed by atoms with van der Waals surface area (Å²) < 4.78 is 6.76. The topological polar surface area (TPSA) is 57.7 Å². The van der Waals surface area contributed by atoms with Crippen LogP contribution in [0.15, 0.2) is 24.3 Å². The van der Waals surface area contributed by atoms with Crippen LogP contribution in [0.1, 0.15) is 12.8 Å². The number of fused-ring (bicyclic) bond motifs is 1. The van der Waals surface area contributed by atoms with Crippen LogP contribution in [0.2, 0.25) is 0 Å². The van der Waals surface area contributed by atoms with E-state index in [0.717, 1.165) is 56.3 Å². The van der Waals surface area contributed by atoms with E-state index >= 15 is 0 Å². The highest BCUT2D eigenvalue weighted by Crippen LogP contribution is 2.29. The molecule has 1 unspecified atom stereocenters. The van der Waals surface area contributed by atoms with Crippen LogP contribution in [0.5, 0.6) is 0 Å². The number of hydrogen-bond donors (Lipinski definition) is 1. The van der Waals surface area contributed by atoms with Gasteiger partial charge in [-0.2, -0.15) is 0 Å². The first-order valence-corrected chi connectivity index (χ1v) is 9.36. The number of aromatic nitrogens is 1. The van der Waals surface area contributed by atoms with E-state index in [2.05, 4.69) is 16.3 Å². The number of para-hydroxylation sites is 1. The minimum atomic E-state index is 0.0226. The molecule has 128 valence electrons. The Hall–Kier alpha value is -1.86. The summed E-state index contributed by atoms with van der Waals surface area (Å²) in [6.07, 6.45) is 2.34. The summed E-state index contributed by atoms with van der Waals surface area (Å²) in [6.45, 7) is 4.55. The number of carbonyl (C=O) groups excluding carboxylic acids is 1. The molecule has 2 aliphatic heterocycles. The Kier molecular flexibility index (Phi) is 4.53. The zero-order chi connectivity index (χ0) is 16.4. The van der Waals surface area contributed by atoms with E-state index in [9.17, 15) is 4.79 Å². The molecule has 3 heterocycles. The van der Waals surface area contributed by atoms with Gasteiger partial charge in [0, 0.05) is 39.3 Å². The maximum Gasteiger partial charge on any atom is 0.317 e. The maximum absolute atomic E-state index is 12.3. The van der Waals surface area contributed by atoms with Gasteiger partial charge in [0.1, 0.15) is 0 Å². The van der Waals surface area contributed by atoms with Crippen molar-refractivity contribution >= 4 is 32.7 Å². The van der Waals surface area contributed by atoms with Gasteiger partial charge in [-0.1, -0.05) is 23.5 Å². The lowest BCUT2D eigenvalue weighted by Crippen LogP contribution is -2.52. The van der Waals surface area contributed by atoms with Crippen LogP contribution in [0.3, 0.4) is 0 Å². The highest BCUT2D eigenvalue weighted by atomic mass is 32.1. The largest absolute Gasteiger partial charge is 0.376 e. The smallest absolute Gasteiger partial charge is 0.317 e. The van der Waals surface area contributed by atoms with Crippen molar-refractivity contribution in [3.05, 3.63) is 24.3 Å². The fourth-order valence-corrected chi connectivity index (χ4v) is 4.23. The van der Waals surface area contributed by atoms with E-state index in [1.165, 1.54) is 4.70 Å². The lowest BCUT2D eigenvalue weighted by atomic mass is 10.2. The average molecular weight is 346 g/mol. The molecule has 2 amide bonds. The molecule has 4 rings (SSSR count). The third-order valence-electron chi connectivity index (χ3n) is 4.62. The van der Waals surface area contributed by atoms with Crippen LogP contribution >= 0.6 is 11.3 Å². The van der Waals surface area contributed by atoms with Crippen molar-refractivity contribution in [2.24, 2.45) is 0 Å². The molecule has 1 aromatic heterocycles. The molecule has 0 saturated carbocycles. The summed E-state index contributed by atoms with van der Waals surface area (Å²) in [4.78, 5) is 21.1. The number of anilines is 1. The Balaban J connectivity index is 1.30. The zero-order valence-electron chi connectivity index (χ0n) is 13.6. The molecule has 2 saturated heterocycles. The summed E-state index contributed by atoms with van der Waals surface area (Å²) in [5.74, 6) is 0. The van der Waals surface area contributed by atoms with Gasteiger partial charge in [-0.05, 0) is 25.0 Å². The van der Waals surface area contributed by atoms with Gasteiger partial charge in [-0.25, -0.2) is 9.78 Å². The van der Waals surface area contributed by atoms with E-state index < -0.39 is 0 Å². The molecule has 0 spiro atoms. The lowest BCUT2D eigenvalue weighted by Gasteiger charge is -2.34. The molecular weight excluding hydrogens is 324 g/mol. The monoisotopic (exact) mass is 346 g/mol. The Labute approximate surface area is 145 Å². The second-order valence-electron chi connectivity index (χ2n) is 6.26. The molecule has 6 nitrogen and oxygen atoms in total. The number of amides is 2. The minimum Gasteiger partial charge on any atom is -0.376 e. The summed E-state index contributed by atoms with van der Waals surface area (Å²) >= 11 is 1.72. The van der Waals surface area contributed by atoms with E-state index in [4.69, 9.17) is 9.72 Å². The molecule has 0 radical (unpaired) electrons. The zero-order valence-corrected chi connectivity index (χ0v) is 14.4. The number of hydrogen-bond acceptors (Lipinski definition) is 5. The first-order chi connectivity index (χ1) is 11.8. The van der Waals surface area contributed by atoms with Gasteiger partial charge in [0.2, 0.25) is 0 Å². The predicted molar refractivity (Wildman–Crippen MR) is 95.8 cm³/mol. The number of nitrogens with one attached hydrogen (secondary N) is 1. The fraction of sp³-hybridized carbons (Fsp3) is 0.529. The van der Waals surface area contributed by atoms with E-state index in [1.807, 2.05) is 23.1 Å². The van der Waals surface area contributed by atoms with Crippen molar-refractivity contribution in [1.82, 2.24) is 15.2 Å². The lowest BCUT2D eigenvalue weighted by molar-refractivity contribution is 0.108. The number of piperazine rings is 1. The molecule has 24 heavy (non-hydrogen) atoms. The Morgan fingerprint density at radius 3 is 2.88 bits per heavy atom. The summed E-state index contributed by atoms with van der Waals surface area (Å²) in [6, 6.07) is 8.23. The molecule has 0 bridgehead atoms. The van der Waals surface area contributed by atoms with Gasteiger partial charge in [0.25, 0.3) is 0 Å². The molecule has 2 aliphatic rings. The molecule has 2 fully saturated rings. The van der Waals surface area contributed by atoms with Crippen LogP contribution in [0.4, 0.5) is 9.93 Å². The van der Waals surface area contributed by atoms with Crippen molar-refractivity contribution < 1.29 is 9.53 Å². The molecule has 2 aromatic rings. The highest BCUT2D eigenvalue weighted by Gasteiger charge is 2.24.